The van der Waals surface area contributed by atoms with E-state index < -0.39 is 0 Å². The van der Waals surface area contributed by atoms with Crippen LogP contribution >= 0.6 is 0 Å². The van der Waals surface area contributed by atoms with Gasteiger partial charge in [0.1, 0.15) is 0 Å². The van der Waals surface area contributed by atoms with E-state index in [2.05, 4.69) is 34.5 Å². The SMILES string of the molecule is CN1CCN(C)C(CNC(=O)CCC2CCNC2)C1. The fraction of sp³-hybridized carbons (Fsp3) is 0.929. The number of nitrogens with zero attached hydrogens (tertiary/aromatic N) is 2. The highest BCUT2D eigenvalue weighted by Gasteiger charge is 2.22. The fourth-order valence-electron chi connectivity index (χ4n) is 2.94. The van der Waals surface area contributed by atoms with E-state index in [9.17, 15) is 4.79 Å². The lowest BCUT2D eigenvalue weighted by Gasteiger charge is -2.37. The third-order valence-electron chi connectivity index (χ3n) is 4.46. The number of hydrogen-bond donors (Lipinski definition) is 2. The molecule has 2 atom stereocenters. The molecular weight excluding hydrogens is 240 g/mol. The number of rotatable bonds is 5. The number of carbonyl (C=O) groups is 1. The lowest BCUT2D eigenvalue weighted by molar-refractivity contribution is -0.121. The van der Waals surface area contributed by atoms with Crippen molar-refractivity contribution in [3.8, 4) is 0 Å². The summed E-state index contributed by atoms with van der Waals surface area (Å²) in [6, 6.07) is 0.454. The average Bonchev–Trinajstić information content (AvgIpc) is 2.90. The molecule has 5 nitrogen and oxygen atoms in total. The Balaban J connectivity index is 1.62. The topological polar surface area (TPSA) is 47.6 Å². The molecule has 2 aliphatic rings. The second kappa shape index (κ2) is 7.22. The summed E-state index contributed by atoms with van der Waals surface area (Å²) in [5, 5.41) is 6.45. The van der Waals surface area contributed by atoms with E-state index in [0.29, 0.717) is 18.4 Å². The van der Waals surface area contributed by atoms with Crippen LogP contribution in [0.3, 0.4) is 0 Å². The van der Waals surface area contributed by atoms with Crippen molar-refractivity contribution in [3.63, 3.8) is 0 Å². The summed E-state index contributed by atoms with van der Waals surface area (Å²) in [6.07, 6.45) is 2.93. The Bertz CT molecular complexity index is 291. The molecule has 0 aliphatic carbocycles. The molecule has 5 heteroatoms. The van der Waals surface area contributed by atoms with Crippen LogP contribution in [-0.4, -0.2) is 75.1 Å². The van der Waals surface area contributed by atoms with Gasteiger partial charge in [0, 0.05) is 38.6 Å². The zero-order valence-electron chi connectivity index (χ0n) is 12.3. The Kier molecular flexibility index (Phi) is 5.60. The molecule has 2 heterocycles. The van der Waals surface area contributed by atoms with E-state index >= 15 is 0 Å². The van der Waals surface area contributed by atoms with Gasteiger partial charge in [0.2, 0.25) is 5.91 Å². The maximum absolute atomic E-state index is 11.9. The minimum atomic E-state index is 0.216. The van der Waals surface area contributed by atoms with E-state index in [1.165, 1.54) is 6.42 Å². The lowest BCUT2D eigenvalue weighted by Crippen LogP contribution is -2.54. The van der Waals surface area contributed by atoms with Crippen molar-refractivity contribution in [1.29, 1.82) is 0 Å². The Labute approximate surface area is 116 Å². The average molecular weight is 268 g/mol. The molecule has 1 amide bonds. The molecule has 19 heavy (non-hydrogen) atoms. The van der Waals surface area contributed by atoms with Crippen LogP contribution in [0.5, 0.6) is 0 Å². The Morgan fingerprint density at radius 2 is 2.21 bits per heavy atom. The van der Waals surface area contributed by atoms with Crippen LogP contribution in [0.2, 0.25) is 0 Å². The first-order chi connectivity index (χ1) is 9.15. The number of amides is 1. The number of likely N-dealkylation sites (N-methyl/N-ethyl adjacent to an activating group) is 2. The molecule has 0 saturated carbocycles. The highest BCUT2D eigenvalue weighted by Crippen LogP contribution is 2.14. The molecule has 0 aromatic rings. The Hall–Kier alpha value is -0.650. The first-order valence-corrected chi connectivity index (χ1v) is 7.51. The summed E-state index contributed by atoms with van der Waals surface area (Å²) in [5.74, 6) is 0.919. The molecule has 0 aromatic carbocycles. The third-order valence-corrected chi connectivity index (χ3v) is 4.46. The van der Waals surface area contributed by atoms with Crippen LogP contribution in [0.25, 0.3) is 0 Å². The minimum Gasteiger partial charge on any atom is -0.354 e. The number of piperazine rings is 1. The second-order valence-corrected chi connectivity index (χ2v) is 6.10. The summed E-state index contributed by atoms with van der Waals surface area (Å²) in [6.45, 7) is 6.24. The monoisotopic (exact) mass is 268 g/mol. The third kappa shape index (κ3) is 4.75. The van der Waals surface area contributed by atoms with E-state index in [1.54, 1.807) is 0 Å². The van der Waals surface area contributed by atoms with Gasteiger partial charge in [0.05, 0.1) is 0 Å². The smallest absolute Gasteiger partial charge is 0.220 e. The van der Waals surface area contributed by atoms with Gasteiger partial charge in [-0.25, -0.2) is 0 Å². The van der Waals surface area contributed by atoms with Crippen LogP contribution in [0.1, 0.15) is 19.3 Å². The molecule has 2 N–H and O–H groups in total. The quantitative estimate of drug-likeness (QED) is 0.721. The van der Waals surface area contributed by atoms with Crippen molar-refractivity contribution in [2.45, 2.75) is 25.3 Å². The van der Waals surface area contributed by atoms with E-state index in [4.69, 9.17) is 0 Å². The molecule has 2 aliphatic heterocycles. The molecule has 0 bridgehead atoms. The highest BCUT2D eigenvalue weighted by molar-refractivity contribution is 5.75. The van der Waals surface area contributed by atoms with Crippen molar-refractivity contribution in [3.05, 3.63) is 0 Å². The molecule has 0 radical (unpaired) electrons. The molecule has 110 valence electrons. The van der Waals surface area contributed by atoms with Gasteiger partial charge >= 0.3 is 0 Å². The van der Waals surface area contributed by atoms with Gasteiger partial charge in [0.25, 0.3) is 0 Å². The fourth-order valence-corrected chi connectivity index (χ4v) is 2.94. The van der Waals surface area contributed by atoms with Crippen molar-refractivity contribution >= 4 is 5.91 Å². The minimum absolute atomic E-state index is 0.216. The predicted octanol–water partition coefficient (Wildman–Crippen LogP) is -0.262. The van der Waals surface area contributed by atoms with Crippen LogP contribution in [0.4, 0.5) is 0 Å². The zero-order valence-corrected chi connectivity index (χ0v) is 12.3. The Morgan fingerprint density at radius 3 is 2.95 bits per heavy atom. The summed E-state index contributed by atoms with van der Waals surface area (Å²) in [7, 11) is 4.29. The summed E-state index contributed by atoms with van der Waals surface area (Å²) >= 11 is 0. The van der Waals surface area contributed by atoms with Crippen LogP contribution in [-0.2, 0) is 4.79 Å². The van der Waals surface area contributed by atoms with Crippen molar-refractivity contribution < 1.29 is 4.79 Å². The number of nitrogens with one attached hydrogen (secondary N) is 2. The van der Waals surface area contributed by atoms with Crippen molar-refractivity contribution in [2.75, 3.05) is 53.4 Å². The zero-order chi connectivity index (χ0) is 13.7. The van der Waals surface area contributed by atoms with E-state index in [0.717, 1.165) is 45.7 Å². The molecule has 2 saturated heterocycles. The maximum Gasteiger partial charge on any atom is 0.220 e. The van der Waals surface area contributed by atoms with Gasteiger partial charge in [-0.15, -0.1) is 0 Å². The molecule has 2 unspecified atom stereocenters. The number of hydrogen-bond acceptors (Lipinski definition) is 4. The largest absolute Gasteiger partial charge is 0.354 e. The standard InChI is InChI=1S/C14H28N4O/c1-17-7-8-18(2)13(11-17)10-16-14(19)4-3-12-5-6-15-9-12/h12-13,15H,3-11H2,1-2H3,(H,16,19). The second-order valence-electron chi connectivity index (χ2n) is 6.10. The molecule has 2 rings (SSSR count). The summed E-state index contributed by atoms with van der Waals surface area (Å²) in [4.78, 5) is 16.5. The van der Waals surface area contributed by atoms with Gasteiger partial charge in [-0.1, -0.05) is 0 Å². The Morgan fingerprint density at radius 1 is 1.37 bits per heavy atom. The van der Waals surface area contributed by atoms with Crippen LogP contribution in [0, 0.1) is 5.92 Å². The van der Waals surface area contributed by atoms with E-state index in [-0.39, 0.29) is 5.91 Å². The molecule has 0 aromatic heterocycles. The molecule has 2 fully saturated rings. The van der Waals surface area contributed by atoms with Crippen molar-refractivity contribution in [1.82, 2.24) is 20.4 Å². The van der Waals surface area contributed by atoms with E-state index in [1.807, 2.05) is 0 Å². The van der Waals surface area contributed by atoms with Crippen LogP contribution in [0.15, 0.2) is 0 Å². The van der Waals surface area contributed by atoms with Crippen LogP contribution < -0.4 is 10.6 Å². The number of carbonyl (C=O) groups excluding carboxylic acids is 1. The molecule has 0 spiro atoms. The lowest BCUT2D eigenvalue weighted by atomic mass is 10.0. The highest BCUT2D eigenvalue weighted by atomic mass is 16.1. The van der Waals surface area contributed by atoms with Gasteiger partial charge in [-0.2, -0.15) is 0 Å². The summed E-state index contributed by atoms with van der Waals surface area (Å²) in [5.41, 5.74) is 0. The molecular formula is C14H28N4O. The summed E-state index contributed by atoms with van der Waals surface area (Å²) < 4.78 is 0. The van der Waals surface area contributed by atoms with Gasteiger partial charge in [-0.05, 0) is 45.9 Å². The predicted molar refractivity (Wildman–Crippen MR) is 77.1 cm³/mol. The first kappa shape index (κ1) is 14.8. The van der Waals surface area contributed by atoms with Crippen molar-refractivity contribution in [2.24, 2.45) is 5.92 Å². The van der Waals surface area contributed by atoms with Gasteiger partial charge < -0.3 is 15.5 Å². The first-order valence-electron chi connectivity index (χ1n) is 7.51. The van der Waals surface area contributed by atoms with Gasteiger partial charge in [0.15, 0.2) is 0 Å². The van der Waals surface area contributed by atoms with Gasteiger partial charge in [-0.3, -0.25) is 9.69 Å². The maximum atomic E-state index is 11.9. The normalized spacial score (nSPS) is 29.6.